The number of benzene rings is 1. The molecule has 0 bridgehead atoms. The molecule has 0 N–H and O–H groups in total. The fourth-order valence-corrected chi connectivity index (χ4v) is 1.04. The molecular weight excluding hydrogens is 154 g/mol. The third kappa shape index (κ3) is 0.903. The van der Waals surface area contributed by atoms with E-state index < -0.39 is 0 Å². The van der Waals surface area contributed by atoms with Gasteiger partial charge in [0.05, 0.1) is 0 Å². The maximum Gasteiger partial charge on any atom is 0.187 e. The van der Waals surface area contributed by atoms with Gasteiger partial charge in [0.25, 0.3) is 0 Å². The molecule has 0 saturated carbocycles. The molecule has 3 heteroatoms. The van der Waals surface area contributed by atoms with E-state index in [1.807, 2.05) is 24.3 Å². The fourth-order valence-electron chi connectivity index (χ4n) is 1.04. The molecule has 1 aromatic carbocycles. The molecule has 1 aliphatic rings. The number of para-hydroxylation sites is 1. The van der Waals surface area contributed by atoms with Crippen LogP contribution in [0.3, 0.4) is 0 Å². The highest BCUT2D eigenvalue weighted by molar-refractivity contribution is 5.79. The van der Waals surface area contributed by atoms with Crippen LogP contribution >= 0.6 is 0 Å². The lowest BCUT2D eigenvalue weighted by Crippen LogP contribution is -2.00. The second kappa shape index (κ2) is 2.59. The summed E-state index contributed by atoms with van der Waals surface area (Å²) < 4.78 is 0. The van der Waals surface area contributed by atoms with Gasteiger partial charge in [0.1, 0.15) is 11.6 Å². The molecule has 1 aliphatic heterocycles. The van der Waals surface area contributed by atoms with Crippen molar-refractivity contribution < 1.29 is 9.78 Å². The van der Waals surface area contributed by atoms with Gasteiger partial charge in [0.2, 0.25) is 0 Å². The normalized spacial score (nSPS) is 13.1. The van der Waals surface area contributed by atoms with Crippen LogP contribution < -0.4 is 4.89 Å². The Labute approximate surface area is 69.4 Å². The lowest BCUT2D eigenvalue weighted by molar-refractivity contribution is -0.151. The van der Waals surface area contributed by atoms with Gasteiger partial charge in [-0.1, -0.05) is 12.1 Å². The Morgan fingerprint density at radius 3 is 2.92 bits per heavy atom. The van der Waals surface area contributed by atoms with Gasteiger partial charge in [-0.2, -0.15) is 5.26 Å². The van der Waals surface area contributed by atoms with Gasteiger partial charge >= 0.3 is 0 Å². The van der Waals surface area contributed by atoms with Crippen molar-refractivity contribution in [3.63, 3.8) is 0 Å². The number of rotatable bonds is 0. The zero-order valence-electron chi connectivity index (χ0n) is 6.15. The highest BCUT2D eigenvalue weighted by Crippen LogP contribution is 2.28. The third-order valence-electron chi connectivity index (χ3n) is 1.60. The van der Waals surface area contributed by atoms with Crippen molar-refractivity contribution in [2.24, 2.45) is 0 Å². The first-order chi connectivity index (χ1) is 5.92. The van der Waals surface area contributed by atoms with Crippen molar-refractivity contribution in [2.45, 2.75) is 0 Å². The van der Waals surface area contributed by atoms with Gasteiger partial charge in [-0.25, -0.2) is 0 Å². The Hall–Kier alpha value is -1.95. The van der Waals surface area contributed by atoms with Crippen molar-refractivity contribution in [3.8, 4) is 11.8 Å². The number of fused-ring (bicyclic) bond motifs is 1. The van der Waals surface area contributed by atoms with Gasteiger partial charge in [-0.15, -0.1) is 0 Å². The van der Waals surface area contributed by atoms with E-state index >= 15 is 0 Å². The van der Waals surface area contributed by atoms with Crippen LogP contribution in [0.1, 0.15) is 5.56 Å². The van der Waals surface area contributed by atoms with Crippen LogP contribution in [-0.2, 0) is 4.89 Å². The zero-order chi connectivity index (χ0) is 8.39. The lowest BCUT2D eigenvalue weighted by Gasteiger charge is -2.11. The van der Waals surface area contributed by atoms with Crippen molar-refractivity contribution in [2.75, 3.05) is 0 Å². The topological polar surface area (TPSA) is 42.2 Å². The molecule has 0 amide bonds. The standard InChI is InChI=1S/C9H5NO2/c10-5-7-6-11-12-9-4-2-1-3-8(7)9/h1-4,6H. The molecule has 0 unspecified atom stereocenters. The van der Waals surface area contributed by atoms with E-state index in [4.69, 9.17) is 10.1 Å². The summed E-state index contributed by atoms with van der Waals surface area (Å²) in [6.07, 6.45) is 1.29. The maximum atomic E-state index is 8.68. The molecule has 12 heavy (non-hydrogen) atoms. The van der Waals surface area contributed by atoms with Gasteiger partial charge in [-0.3, -0.25) is 9.78 Å². The Bertz CT molecular complexity index is 376. The fraction of sp³-hybridized carbons (Fsp3) is 0. The Morgan fingerprint density at radius 2 is 2.08 bits per heavy atom. The minimum Gasteiger partial charge on any atom is -0.296 e. The first-order valence-electron chi connectivity index (χ1n) is 3.45. The molecule has 58 valence electrons. The summed E-state index contributed by atoms with van der Waals surface area (Å²) in [5.74, 6) is 0.580. The van der Waals surface area contributed by atoms with E-state index in [0.29, 0.717) is 11.3 Å². The predicted molar refractivity (Wildman–Crippen MR) is 41.7 cm³/mol. The molecule has 0 aliphatic carbocycles. The summed E-state index contributed by atoms with van der Waals surface area (Å²) in [5.41, 5.74) is 1.25. The molecule has 0 atom stereocenters. The third-order valence-corrected chi connectivity index (χ3v) is 1.60. The average molecular weight is 159 g/mol. The molecule has 0 spiro atoms. The summed E-state index contributed by atoms with van der Waals surface area (Å²) in [6.45, 7) is 0. The van der Waals surface area contributed by atoms with Gasteiger partial charge in [0.15, 0.2) is 12.0 Å². The molecule has 3 nitrogen and oxygen atoms in total. The van der Waals surface area contributed by atoms with Crippen molar-refractivity contribution >= 4 is 5.57 Å². The monoisotopic (exact) mass is 159 g/mol. The first-order valence-corrected chi connectivity index (χ1v) is 3.45. The highest BCUT2D eigenvalue weighted by atomic mass is 17.2. The summed E-state index contributed by atoms with van der Waals surface area (Å²) in [5, 5.41) is 8.68. The predicted octanol–water partition coefficient (Wildman–Crippen LogP) is 1.88. The van der Waals surface area contributed by atoms with Crippen LogP contribution in [0.25, 0.3) is 5.57 Å². The molecule has 1 heterocycles. The quantitative estimate of drug-likeness (QED) is 0.542. The molecule has 0 radical (unpaired) electrons. The average Bonchev–Trinajstić information content (AvgIpc) is 2.17. The van der Waals surface area contributed by atoms with Gasteiger partial charge in [-0.05, 0) is 12.1 Å². The maximum absolute atomic E-state index is 8.68. The Morgan fingerprint density at radius 1 is 1.25 bits per heavy atom. The van der Waals surface area contributed by atoms with Crippen molar-refractivity contribution in [3.05, 3.63) is 36.1 Å². The second-order valence-electron chi connectivity index (χ2n) is 2.32. The van der Waals surface area contributed by atoms with Crippen molar-refractivity contribution in [1.29, 1.82) is 5.26 Å². The van der Waals surface area contributed by atoms with E-state index in [1.54, 1.807) is 6.07 Å². The molecular formula is C9H5NO2. The molecule has 0 fully saturated rings. The summed E-state index contributed by atoms with van der Waals surface area (Å²) in [6, 6.07) is 9.25. The smallest absolute Gasteiger partial charge is 0.187 e. The second-order valence-corrected chi connectivity index (χ2v) is 2.32. The van der Waals surface area contributed by atoms with E-state index in [9.17, 15) is 0 Å². The first kappa shape index (κ1) is 6.74. The molecule has 0 aromatic heterocycles. The van der Waals surface area contributed by atoms with E-state index in [2.05, 4.69) is 4.89 Å². The van der Waals surface area contributed by atoms with Gasteiger partial charge < -0.3 is 0 Å². The SMILES string of the molecule is N#CC1=COOc2ccccc21. The van der Waals surface area contributed by atoms with E-state index in [-0.39, 0.29) is 0 Å². The van der Waals surface area contributed by atoms with E-state index in [0.717, 1.165) is 5.56 Å². The largest absolute Gasteiger partial charge is 0.296 e. The number of nitriles is 1. The highest BCUT2D eigenvalue weighted by Gasteiger charge is 2.13. The number of hydrogen-bond acceptors (Lipinski definition) is 3. The van der Waals surface area contributed by atoms with Crippen LogP contribution in [0, 0.1) is 11.3 Å². The molecule has 2 rings (SSSR count). The zero-order valence-corrected chi connectivity index (χ0v) is 6.15. The van der Waals surface area contributed by atoms with E-state index in [1.165, 1.54) is 6.26 Å². The summed E-state index contributed by atoms with van der Waals surface area (Å²) in [7, 11) is 0. The Balaban J connectivity index is 2.57. The van der Waals surface area contributed by atoms with Crippen LogP contribution in [0.5, 0.6) is 5.75 Å². The van der Waals surface area contributed by atoms with Crippen LogP contribution in [-0.4, -0.2) is 0 Å². The van der Waals surface area contributed by atoms with Crippen molar-refractivity contribution in [1.82, 2.24) is 0 Å². The van der Waals surface area contributed by atoms with Crippen LogP contribution in [0.4, 0.5) is 0 Å². The summed E-state index contributed by atoms with van der Waals surface area (Å²) in [4.78, 5) is 9.44. The number of nitrogens with zero attached hydrogens (tertiary/aromatic N) is 1. The summed E-state index contributed by atoms with van der Waals surface area (Å²) >= 11 is 0. The minimum absolute atomic E-state index is 0.483. The Kier molecular flexibility index (Phi) is 1.45. The molecule has 0 saturated heterocycles. The minimum atomic E-state index is 0.483. The molecule has 1 aromatic rings. The van der Waals surface area contributed by atoms with Crippen LogP contribution in [0.2, 0.25) is 0 Å². The number of hydrogen-bond donors (Lipinski definition) is 0. The van der Waals surface area contributed by atoms with Gasteiger partial charge in [0, 0.05) is 5.56 Å². The van der Waals surface area contributed by atoms with Crippen LogP contribution in [0.15, 0.2) is 30.5 Å². The number of allylic oxidation sites excluding steroid dienone is 1. The lowest BCUT2D eigenvalue weighted by atomic mass is 10.1.